The first kappa shape index (κ1) is 38.7. The van der Waals surface area contributed by atoms with Crippen LogP contribution in [0.5, 0.6) is 0 Å². The van der Waals surface area contributed by atoms with Gasteiger partial charge in [-0.3, -0.25) is 4.99 Å². The van der Waals surface area contributed by atoms with Gasteiger partial charge in [-0.1, -0.05) is 130 Å². The molecule has 0 amide bonds. The van der Waals surface area contributed by atoms with Crippen LogP contribution in [-0.4, -0.2) is 11.9 Å². The van der Waals surface area contributed by atoms with E-state index in [4.69, 9.17) is 9.98 Å². The first-order chi connectivity index (χ1) is 22.1. The molecule has 0 aliphatic carbocycles. The van der Waals surface area contributed by atoms with Crippen molar-refractivity contribution in [1.82, 2.24) is 0 Å². The van der Waals surface area contributed by atoms with Crippen molar-refractivity contribution in [1.29, 1.82) is 0 Å². The Morgan fingerprint density at radius 1 is 0.467 bits per heavy atom. The van der Waals surface area contributed by atoms with Crippen LogP contribution in [0.1, 0.15) is 172 Å². The molecule has 2 nitrogen and oxygen atoms in total. The average Bonchev–Trinajstić information content (AvgIpc) is 3.03. The molecule has 0 aliphatic heterocycles. The lowest BCUT2D eigenvalue weighted by molar-refractivity contribution is 0.637. The summed E-state index contributed by atoms with van der Waals surface area (Å²) < 4.78 is 0. The quantitative estimate of drug-likeness (QED) is 0.0746. The third kappa shape index (κ3) is 18.3. The SMILES string of the molecule is CCCCCCC/C=C/C(C=Nc1cc(CCCCC)cc(CCCCC)c1)=Nc1cc(CCCCC)cc(CCCCC)c1. The van der Waals surface area contributed by atoms with Gasteiger partial charge in [0.25, 0.3) is 0 Å². The topological polar surface area (TPSA) is 24.7 Å². The van der Waals surface area contributed by atoms with Gasteiger partial charge in [0.2, 0.25) is 0 Å². The second kappa shape index (κ2) is 25.7. The van der Waals surface area contributed by atoms with Crippen molar-refractivity contribution in [2.45, 2.75) is 176 Å². The molecule has 0 heterocycles. The molecule has 2 rings (SSSR count). The largest absolute Gasteiger partial charge is 0.255 e. The van der Waals surface area contributed by atoms with Gasteiger partial charge in [0.15, 0.2) is 0 Å². The Morgan fingerprint density at radius 2 is 0.867 bits per heavy atom. The van der Waals surface area contributed by atoms with Gasteiger partial charge < -0.3 is 0 Å². The standard InChI is InChI=1S/C43H68N2/c1-6-11-16-17-18-19-24-29-41(45-43-34-39(27-22-14-9-4)31-40(35-43)28-23-15-10-5)36-44-42-32-37(25-20-12-7-2)30-38(33-42)26-21-13-8-3/h24,29-36H,6-23,25-28H2,1-5H3/b29-24+,44-36?,45-41?. The van der Waals surface area contributed by atoms with E-state index in [2.05, 4.69) is 83.2 Å². The Hall–Kier alpha value is -2.48. The fraction of sp³-hybridized carbons (Fsp3) is 0.628. The number of aryl methyl sites for hydroxylation is 4. The average molecular weight is 613 g/mol. The van der Waals surface area contributed by atoms with Gasteiger partial charge in [-0.15, -0.1) is 0 Å². The van der Waals surface area contributed by atoms with Crippen molar-refractivity contribution in [2.75, 3.05) is 0 Å². The predicted molar refractivity (Wildman–Crippen MR) is 204 cm³/mol. The zero-order valence-electron chi connectivity index (χ0n) is 30.1. The van der Waals surface area contributed by atoms with E-state index in [0.29, 0.717) is 0 Å². The molecule has 0 spiro atoms. The van der Waals surface area contributed by atoms with E-state index in [1.807, 2.05) is 6.21 Å². The second-order valence-electron chi connectivity index (χ2n) is 13.2. The minimum Gasteiger partial charge on any atom is -0.255 e. The molecule has 0 bridgehead atoms. The van der Waals surface area contributed by atoms with Crippen molar-refractivity contribution in [3.8, 4) is 0 Å². The van der Waals surface area contributed by atoms with Crippen LogP contribution in [0, 0.1) is 0 Å². The summed E-state index contributed by atoms with van der Waals surface area (Å²) >= 11 is 0. The summed E-state index contributed by atoms with van der Waals surface area (Å²) in [7, 11) is 0. The van der Waals surface area contributed by atoms with Crippen molar-refractivity contribution in [2.24, 2.45) is 9.98 Å². The van der Waals surface area contributed by atoms with Gasteiger partial charge >= 0.3 is 0 Å². The van der Waals surface area contributed by atoms with Crippen molar-refractivity contribution in [3.63, 3.8) is 0 Å². The summed E-state index contributed by atoms with van der Waals surface area (Å²) in [4.78, 5) is 10.3. The van der Waals surface area contributed by atoms with E-state index in [1.54, 1.807) is 0 Å². The van der Waals surface area contributed by atoms with Crippen molar-refractivity contribution in [3.05, 3.63) is 70.8 Å². The van der Waals surface area contributed by atoms with Gasteiger partial charge in [-0.05, 0) is 117 Å². The molecule has 45 heavy (non-hydrogen) atoms. The van der Waals surface area contributed by atoms with Crippen LogP contribution in [0.15, 0.2) is 58.5 Å². The monoisotopic (exact) mass is 613 g/mol. The number of benzene rings is 2. The number of rotatable bonds is 26. The lowest BCUT2D eigenvalue weighted by Gasteiger charge is -2.09. The second-order valence-corrected chi connectivity index (χ2v) is 13.2. The van der Waals surface area contributed by atoms with Crippen molar-refractivity contribution >= 4 is 23.3 Å². The van der Waals surface area contributed by atoms with E-state index < -0.39 is 0 Å². The fourth-order valence-electron chi connectivity index (χ4n) is 5.99. The first-order valence-electron chi connectivity index (χ1n) is 19.2. The molecule has 0 saturated carbocycles. The van der Waals surface area contributed by atoms with Crippen LogP contribution in [0.4, 0.5) is 11.4 Å². The van der Waals surface area contributed by atoms with E-state index in [-0.39, 0.29) is 0 Å². The molecule has 0 aliphatic rings. The molecule has 0 unspecified atom stereocenters. The third-order valence-corrected chi connectivity index (χ3v) is 8.72. The molecule has 0 aromatic heterocycles. The zero-order chi connectivity index (χ0) is 32.4. The van der Waals surface area contributed by atoms with Gasteiger partial charge in [0.1, 0.15) is 0 Å². The van der Waals surface area contributed by atoms with Gasteiger partial charge in [0, 0.05) is 0 Å². The Kier molecular flexibility index (Phi) is 22.1. The number of allylic oxidation sites excluding steroid dienone is 2. The Labute approximate surface area is 279 Å². The normalized spacial score (nSPS) is 12.2. The summed E-state index contributed by atoms with van der Waals surface area (Å²) in [5.41, 5.74) is 8.85. The van der Waals surface area contributed by atoms with Gasteiger partial charge in [-0.25, -0.2) is 4.99 Å². The molecule has 250 valence electrons. The van der Waals surface area contributed by atoms with E-state index in [9.17, 15) is 0 Å². The van der Waals surface area contributed by atoms with Crippen LogP contribution in [-0.2, 0) is 25.7 Å². The molecule has 2 aromatic rings. The highest BCUT2D eigenvalue weighted by Crippen LogP contribution is 2.24. The summed E-state index contributed by atoms with van der Waals surface area (Å²) in [6.45, 7) is 11.4. The molecule has 0 N–H and O–H groups in total. The minimum absolute atomic E-state index is 0.956. The lowest BCUT2D eigenvalue weighted by Crippen LogP contribution is -1.97. The summed E-state index contributed by atoms with van der Waals surface area (Å²) in [5.74, 6) is 0. The summed E-state index contributed by atoms with van der Waals surface area (Å²) in [6.07, 6.45) is 33.9. The molecule has 2 aromatic carbocycles. The number of aliphatic imine (C=N–C) groups is 2. The molecule has 0 radical (unpaired) electrons. The molecule has 0 saturated heterocycles. The zero-order valence-corrected chi connectivity index (χ0v) is 30.1. The minimum atomic E-state index is 0.956. The fourth-order valence-corrected chi connectivity index (χ4v) is 5.99. The van der Waals surface area contributed by atoms with Gasteiger partial charge in [0.05, 0.1) is 23.3 Å². The highest BCUT2D eigenvalue weighted by atomic mass is 14.8. The Bertz CT molecular complexity index is 1070. The third-order valence-electron chi connectivity index (χ3n) is 8.72. The number of unbranched alkanes of at least 4 members (excludes halogenated alkanes) is 13. The van der Waals surface area contributed by atoms with Crippen LogP contribution < -0.4 is 0 Å². The van der Waals surface area contributed by atoms with Crippen molar-refractivity contribution < 1.29 is 0 Å². The molecular formula is C43H68N2. The number of hydrogen-bond donors (Lipinski definition) is 0. The molecular weight excluding hydrogens is 544 g/mol. The summed E-state index contributed by atoms with van der Waals surface area (Å²) in [5, 5.41) is 0. The maximum atomic E-state index is 5.25. The van der Waals surface area contributed by atoms with E-state index in [1.165, 1.54) is 131 Å². The maximum Gasteiger partial charge on any atom is 0.0816 e. The number of hydrogen-bond acceptors (Lipinski definition) is 2. The van der Waals surface area contributed by atoms with Crippen LogP contribution >= 0.6 is 0 Å². The molecule has 2 heteroatoms. The summed E-state index contributed by atoms with van der Waals surface area (Å²) in [6, 6.07) is 14.1. The first-order valence-corrected chi connectivity index (χ1v) is 19.2. The van der Waals surface area contributed by atoms with E-state index in [0.717, 1.165) is 49.2 Å². The maximum absolute atomic E-state index is 5.25. The highest BCUT2D eigenvalue weighted by Gasteiger charge is 2.05. The lowest BCUT2D eigenvalue weighted by atomic mass is 10.00. The van der Waals surface area contributed by atoms with Crippen LogP contribution in [0.3, 0.4) is 0 Å². The van der Waals surface area contributed by atoms with Crippen LogP contribution in [0.2, 0.25) is 0 Å². The Morgan fingerprint density at radius 3 is 1.31 bits per heavy atom. The van der Waals surface area contributed by atoms with Crippen LogP contribution in [0.25, 0.3) is 0 Å². The number of nitrogens with zero attached hydrogens (tertiary/aromatic N) is 2. The smallest absolute Gasteiger partial charge is 0.0816 e. The molecule has 0 fully saturated rings. The predicted octanol–water partition coefficient (Wildman–Crippen LogP) is 14.0. The Balaban J connectivity index is 2.40. The van der Waals surface area contributed by atoms with Gasteiger partial charge in [-0.2, -0.15) is 0 Å². The highest BCUT2D eigenvalue weighted by molar-refractivity contribution is 6.36. The van der Waals surface area contributed by atoms with E-state index >= 15 is 0 Å². The molecule has 0 atom stereocenters.